The molecule has 1 saturated carbocycles. The van der Waals surface area contributed by atoms with E-state index in [9.17, 15) is 4.39 Å². The maximum Gasteiger partial charge on any atom is 0.123 e. The zero-order valence-electron chi connectivity index (χ0n) is 12.2. The minimum Gasteiger partial charge on any atom is -0.490 e. The van der Waals surface area contributed by atoms with E-state index in [0.717, 1.165) is 36.7 Å². The fourth-order valence-corrected chi connectivity index (χ4v) is 3.12. The number of fused-ring (bicyclic) bond motifs is 1. The van der Waals surface area contributed by atoms with E-state index in [1.54, 1.807) is 12.1 Å². The lowest BCUT2D eigenvalue weighted by atomic mass is 9.94. The largest absolute Gasteiger partial charge is 0.490 e. The molecule has 0 aromatic heterocycles. The summed E-state index contributed by atoms with van der Waals surface area (Å²) in [6.45, 7) is 3.34. The lowest BCUT2D eigenvalue weighted by molar-refractivity contribution is 0.187. The predicted molar refractivity (Wildman–Crippen MR) is 78.6 cm³/mol. The van der Waals surface area contributed by atoms with Crippen molar-refractivity contribution in [2.24, 2.45) is 5.92 Å². The molecule has 110 valence electrons. The van der Waals surface area contributed by atoms with E-state index in [-0.39, 0.29) is 11.9 Å². The third-order valence-corrected chi connectivity index (χ3v) is 4.33. The summed E-state index contributed by atoms with van der Waals surface area (Å²) in [4.78, 5) is 0. The van der Waals surface area contributed by atoms with Crippen molar-refractivity contribution < 1.29 is 9.13 Å². The van der Waals surface area contributed by atoms with Gasteiger partial charge in [-0.15, -0.1) is 0 Å². The highest BCUT2D eigenvalue weighted by Gasteiger charge is 2.27. The molecule has 2 aliphatic rings. The normalized spacial score (nSPS) is 22.4. The molecule has 2 nitrogen and oxygen atoms in total. The molecular weight excluding hydrogens is 253 g/mol. The molecule has 1 fully saturated rings. The van der Waals surface area contributed by atoms with Crippen LogP contribution in [-0.2, 0) is 6.42 Å². The molecule has 3 heteroatoms. The van der Waals surface area contributed by atoms with Gasteiger partial charge in [0.2, 0.25) is 0 Å². The molecule has 2 unspecified atom stereocenters. The quantitative estimate of drug-likeness (QED) is 0.820. The second-order valence-corrected chi connectivity index (χ2v) is 6.27. The number of hydrogen-bond acceptors (Lipinski definition) is 2. The zero-order valence-corrected chi connectivity index (χ0v) is 12.2. The molecule has 0 saturated heterocycles. The Morgan fingerprint density at radius 3 is 3.00 bits per heavy atom. The summed E-state index contributed by atoms with van der Waals surface area (Å²) >= 11 is 0. The van der Waals surface area contributed by atoms with Gasteiger partial charge < -0.3 is 10.1 Å². The molecule has 1 aromatic rings. The van der Waals surface area contributed by atoms with Crippen LogP contribution in [0.1, 0.15) is 44.6 Å². The van der Waals surface area contributed by atoms with E-state index in [0.29, 0.717) is 5.92 Å². The van der Waals surface area contributed by atoms with Gasteiger partial charge in [0.25, 0.3) is 0 Å². The Hall–Kier alpha value is -1.09. The first-order valence-electron chi connectivity index (χ1n) is 7.93. The van der Waals surface area contributed by atoms with E-state index < -0.39 is 0 Å². The van der Waals surface area contributed by atoms with Crippen molar-refractivity contribution in [2.45, 2.75) is 57.6 Å². The number of ether oxygens (including phenoxy) is 1. The first-order chi connectivity index (χ1) is 9.74. The van der Waals surface area contributed by atoms with Gasteiger partial charge in [-0.3, -0.25) is 0 Å². The first kappa shape index (κ1) is 13.9. The lowest BCUT2D eigenvalue weighted by Gasteiger charge is -2.20. The van der Waals surface area contributed by atoms with Gasteiger partial charge >= 0.3 is 0 Å². The van der Waals surface area contributed by atoms with Crippen LogP contribution in [0, 0.1) is 11.7 Å². The van der Waals surface area contributed by atoms with Crippen LogP contribution in [0.4, 0.5) is 4.39 Å². The number of benzene rings is 1. The molecule has 1 N–H and O–H groups in total. The van der Waals surface area contributed by atoms with Crippen molar-refractivity contribution in [1.29, 1.82) is 0 Å². The minimum atomic E-state index is -0.159. The van der Waals surface area contributed by atoms with E-state index in [1.165, 1.54) is 31.7 Å². The van der Waals surface area contributed by atoms with Gasteiger partial charge in [0.05, 0.1) is 0 Å². The van der Waals surface area contributed by atoms with Crippen LogP contribution in [0.3, 0.4) is 0 Å². The van der Waals surface area contributed by atoms with Crippen LogP contribution in [0.2, 0.25) is 0 Å². The number of nitrogens with one attached hydrogen (secondary N) is 1. The molecular formula is C17H24FNO. The summed E-state index contributed by atoms with van der Waals surface area (Å²) in [6.07, 6.45) is 7.28. The van der Waals surface area contributed by atoms with Crippen LogP contribution in [-0.4, -0.2) is 18.7 Å². The van der Waals surface area contributed by atoms with Crippen LogP contribution in [0.15, 0.2) is 18.2 Å². The van der Waals surface area contributed by atoms with Gasteiger partial charge in [0.1, 0.15) is 17.7 Å². The number of hydrogen-bond donors (Lipinski definition) is 1. The number of halogens is 1. The molecule has 0 spiro atoms. The van der Waals surface area contributed by atoms with E-state index in [4.69, 9.17) is 4.74 Å². The molecule has 3 rings (SSSR count). The van der Waals surface area contributed by atoms with Crippen molar-refractivity contribution in [3.8, 4) is 5.75 Å². The summed E-state index contributed by atoms with van der Waals surface area (Å²) in [7, 11) is 0. The summed E-state index contributed by atoms with van der Waals surface area (Å²) in [5.74, 6) is 1.39. The summed E-state index contributed by atoms with van der Waals surface area (Å²) in [5, 5.41) is 3.63. The molecule has 20 heavy (non-hydrogen) atoms. The third-order valence-electron chi connectivity index (χ3n) is 4.33. The number of rotatable bonds is 7. The fourth-order valence-electron chi connectivity index (χ4n) is 3.12. The van der Waals surface area contributed by atoms with Crippen molar-refractivity contribution in [2.75, 3.05) is 6.54 Å². The van der Waals surface area contributed by atoms with Gasteiger partial charge in [-0.05, 0) is 56.3 Å². The Bertz CT molecular complexity index is 458. The molecule has 0 bridgehead atoms. The molecule has 2 atom stereocenters. The third kappa shape index (κ3) is 3.51. The average Bonchev–Trinajstić information content (AvgIpc) is 3.16. The minimum absolute atomic E-state index is 0.159. The van der Waals surface area contributed by atoms with E-state index in [2.05, 4.69) is 12.2 Å². The predicted octanol–water partition coefficient (Wildman–Crippen LogP) is 3.69. The van der Waals surface area contributed by atoms with Gasteiger partial charge in [-0.1, -0.05) is 13.3 Å². The molecule has 1 aromatic carbocycles. The molecule has 1 heterocycles. The van der Waals surface area contributed by atoms with Crippen LogP contribution >= 0.6 is 0 Å². The Kier molecular flexibility index (Phi) is 4.25. The van der Waals surface area contributed by atoms with Gasteiger partial charge in [-0.2, -0.15) is 0 Å². The SMILES string of the molecule is CCCC(CNC1CC1)CC1Cc2cc(F)ccc2O1. The van der Waals surface area contributed by atoms with Gasteiger partial charge in [-0.25, -0.2) is 4.39 Å². The molecule has 1 aliphatic carbocycles. The Labute approximate surface area is 120 Å². The first-order valence-corrected chi connectivity index (χ1v) is 7.93. The van der Waals surface area contributed by atoms with Crippen molar-refractivity contribution in [3.05, 3.63) is 29.6 Å². The van der Waals surface area contributed by atoms with Gasteiger partial charge in [0.15, 0.2) is 0 Å². The van der Waals surface area contributed by atoms with E-state index >= 15 is 0 Å². The Balaban J connectivity index is 1.53. The summed E-state index contributed by atoms with van der Waals surface area (Å²) in [5.41, 5.74) is 1.03. The highest BCUT2D eigenvalue weighted by molar-refractivity contribution is 5.37. The fraction of sp³-hybridized carbons (Fsp3) is 0.647. The van der Waals surface area contributed by atoms with Crippen molar-refractivity contribution in [1.82, 2.24) is 5.32 Å². The van der Waals surface area contributed by atoms with Crippen LogP contribution in [0.25, 0.3) is 0 Å². The second-order valence-electron chi connectivity index (χ2n) is 6.27. The van der Waals surface area contributed by atoms with E-state index in [1.807, 2.05) is 0 Å². The topological polar surface area (TPSA) is 21.3 Å². The highest BCUT2D eigenvalue weighted by Crippen LogP contribution is 2.32. The average molecular weight is 277 g/mol. The van der Waals surface area contributed by atoms with Gasteiger partial charge in [0, 0.05) is 18.0 Å². The molecule has 0 radical (unpaired) electrons. The summed E-state index contributed by atoms with van der Waals surface area (Å²) < 4.78 is 19.2. The lowest BCUT2D eigenvalue weighted by Crippen LogP contribution is -2.28. The molecule has 1 aliphatic heterocycles. The smallest absolute Gasteiger partial charge is 0.123 e. The molecule has 0 amide bonds. The monoisotopic (exact) mass is 277 g/mol. The zero-order chi connectivity index (χ0) is 13.9. The standard InChI is InChI=1S/C17H24FNO/c1-2-3-12(11-19-15-5-6-15)8-16-10-13-9-14(18)4-7-17(13)20-16/h4,7,9,12,15-16,19H,2-3,5-6,8,10-11H2,1H3. The summed E-state index contributed by atoms with van der Waals surface area (Å²) in [6, 6.07) is 5.64. The second kappa shape index (κ2) is 6.13. The van der Waals surface area contributed by atoms with Crippen LogP contribution in [0.5, 0.6) is 5.75 Å². The van der Waals surface area contributed by atoms with Crippen molar-refractivity contribution in [3.63, 3.8) is 0 Å². The maximum absolute atomic E-state index is 13.2. The maximum atomic E-state index is 13.2. The van der Waals surface area contributed by atoms with Crippen molar-refractivity contribution >= 4 is 0 Å². The highest BCUT2D eigenvalue weighted by atomic mass is 19.1. The van der Waals surface area contributed by atoms with Crippen LogP contribution < -0.4 is 10.1 Å². The Morgan fingerprint density at radius 1 is 1.40 bits per heavy atom. The Morgan fingerprint density at radius 2 is 2.25 bits per heavy atom.